The topological polar surface area (TPSA) is 68.9 Å². The number of alkyl halides is 2. The van der Waals surface area contributed by atoms with E-state index >= 15 is 0 Å². The van der Waals surface area contributed by atoms with Crippen molar-refractivity contribution in [2.24, 2.45) is 10.7 Å². The number of anilines is 1. The maximum absolute atomic E-state index is 12.6. The van der Waals surface area contributed by atoms with Crippen LogP contribution in [0.15, 0.2) is 41.4 Å². The fraction of sp³-hybridized carbons (Fsp3) is 0.278. The van der Waals surface area contributed by atoms with E-state index in [1.807, 2.05) is 32.0 Å². The minimum atomic E-state index is -2.93. The summed E-state index contributed by atoms with van der Waals surface area (Å²) < 4.78 is 34.7. The van der Waals surface area contributed by atoms with Crippen LogP contribution < -0.4 is 20.5 Å². The molecule has 0 atom stereocenters. The van der Waals surface area contributed by atoms with Crippen molar-refractivity contribution >= 4 is 35.6 Å². The first-order valence-electron chi connectivity index (χ1n) is 7.65. The maximum Gasteiger partial charge on any atom is 0.387 e. The maximum atomic E-state index is 12.6. The Morgan fingerprint density at radius 2 is 1.88 bits per heavy atom. The molecular formula is C18H22F2IN3O2. The number of rotatable bonds is 6. The SMILES string of the molecule is COc1ccc(CN=C(N)Nc2ccc(C)c(C)c2)c(OC(F)F)c1.I. The van der Waals surface area contributed by atoms with Gasteiger partial charge >= 0.3 is 6.61 Å². The van der Waals surface area contributed by atoms with Crippen molar-refractivity contribution in [3.8, 4) is 11.5 Å². The predicted molar refractivity (Wildman–Crippen MR) is 110 cm³/mol. The molecule has 0 spiro atoms. The Bertz CT molecular complexity index is 770. The van der Waals surface area contributed by atoms with Crippen molar-refractivity contribution in [3.05, 3.63) is 53.1 Å². The van der Waals surface area contributed by atoms with E-state index in [4.69, 9.17) is 10.5 Å². The van der Waals surface area contributed by atoms with Crippen LogP contribution in [0.25, 0.3) is 0 Å². The van der Waals surface area contributed by atoms with Crippen LogP contribution in [0.2, 0.25) is 0 Å². The summed E-state index contributed by atoms with van der Waals surface area (Å²) in [4.78, 5) is 4.18. The Balaban J connectivity index is 0.00000338. The second kappa shape index (κ2) is 10.1. The summed E-state index contributed by atoms with van der Waals surface area (Å²) in [5, 5.41) is 2.98. The number of hydrogen-bond donors (Lipinski definition) is 2. The lowest BCUT2D eigenvalue weighted by Crippen LogP contribution is -2.22. The number of guanidine groups is 1. The summed E-state index contributed by atoms with van der Waals surface area (Å²) in [6, 6.07) is 10.5. The number of aryl methyl sites for hydroxylation is 2. The quantitative estimate of drug-likeness (QED) is 0.367. The normalized spacial score (nSPS) is 11.1. The number of ether oxygens (including phenoxy) is 2. The third kappa shape index (κ3) is 6.32. The van der Waals surface area contributed by atoms with Gasteiger partial charge in [-0.25, -0.2) is 4.99 Å². The monoisotopic (exact) mass is 477 g/mol. The Kier molecular flexibility index (Phi) is 8.56. The smallest absolute Gasteiger partial charge is 0.387 e. The Morgan fingerprint density at radius 3 is 2.50 bits per heavy atom. The van der Waals surface area contributed by atoms with Gasteiger partial charge in [-0.1, -0.05) is 6.07 Å². The first kappa shape index (κ1) is 21.9. The standard InChI is InChI=1S/C18H21F2N3O2.HI/c1-11-4-6-14(8-12(11)2)23-18(21)22-10-13-5-7-15(24-3)9-16(13)25-17(19)20;/h4-9,17H,10H2,1-3H3,(H3,21,22,23);1H. The third-order valence-electron chi connectivity index (χ3n) is 3.69. The lowest BCUT2D eigenvalue weighted by molar-refractivity contribution is -0.0505. The lowest BCUT2D eigenvalue weighted by Gasteiger charge is -2.12. The number of aliphatic imine (C=N–C) groups is 1. The zero-order chi connectivity index (χ0) is 18.4. The van der Waals surface area contributed by atoms with Gasteiger partial charge in [-0.05, 0) is 49.2 Å². The fourth-order valence-corrected chi connectivity index (χ4v) is 2.18. The molecule has 0 saturated carbocycles. The van der Waals surface area contributed by atoms with E-state index in [-0.39, 0.29) is 42.2 Å². The van der Waals surface area contributed by atoms with Gasteiger partial charge in [0, 0.05) is 17.3 Å². The largest absolute Gasteiger partial charge is 0.497 e. The highest BCUT2D eigenvalue weighted by Gasteiger charge is 2.11. The van der Waals surface area contributed by atoms with Crippen molar-refractivity contribution < 1.29 is 18.3 Å². The molecule has 0 heterocycles. The molecule has 0 aliphatic heterocycles. The summed E-state index contributed by atoms with van der Waals surface area (Å²) in [7, 11) is 1.45. The third-order valence-corrected chi connectivity index (χ3v) is 3.69. The van der Waals surface area contributed by atoms with Crippen molar-refractivity contribution in [2.45, 2.75) is 27.0 Å². The molecule has 0 saturated heterocycles. The molecular weight excluding hydrogens is 455 g/mol. The van der Waals surface area contributed by atoms with Gasteiger partial charge in [0.2, 0.25) is 0 Å². The van der Waals surface area contributed by atoms with Gasteiger partial charge in [-0.2, -0.15) is 8.78 Å². The van der Waals surface area contributed by atoms with Crippen LogP contribution in [0.4, 0.5) is 14.5 Å². The molecule has 0 amide bonds. The van der Waals surface area contributed by atoms with Crippen LogP contribution in [0.1, 0.15) is 16.7 Å². The Hall–Kier alpha value is -2.10. The predicted octanol–water partition coefficient (Wildman–Crippen LogP) is 4.46. The van der Waals surface area contributed by atoms with Gasteiger partial charge in [0.05, 0.1) is 13.7 Å². The highest BCUT2D eigenvalue weighted by atomic mass is 127. The van der Waals surface area contributed by atoms with Gasteiger partial charge in [0.25, 0.3) is 0 Å². The van der Waals surface area contributed by atoms with Crippen LogP contribution in [-0.4, -0.2) is 19.7 Å². The average molecular weight is 477 g/mol. The van der Waals surface area contributed by atoms with Crippen LogP contribution in [0.5, 0.6) is 11.5 Å². The van der Waals surface area contributed by atoms with E-state index in [1.165, 1.54) is 18.7 Å². The first-order chi connectivity index (χ1) is 11.9. The van der Waals surface area contributed by atoms with E-state index in [0.29, 0.717) is 11.3 Å². The molecule has 26 heavy (non-hydrogen) atoms. The lowest BCUT2D eigenvalue weighted by atomic mass is 10.1. The molecule has 0 fully saturated rings. The molecule has 0 unspecified atom stereocenters. The van der Waals surface area contributed by atoms with Crippen molar-refractivity contribution in [1.82, 2.24) is 0 Å². The summed E-state index contributed by atoms with van der Waals surface area (Å²) >= 11 is 0. The molecule has 3 N–H and O–H groups in total. The minimum absolute atomic E-state index is 0. The zero-order valence-electron chi connectivity index (χ0n) is 14.8. The molecule has 0 aromatic heterocycles. The molecule has 2 aromatic carbocycles. The summed E-state index contributed by atoms with van der Waals surface area (Å²) in [5.74, 6) is 0.615. The summed E-state index contributed by atoms with van der Waals surface area (Å²) in [6.07, 6.45) is 0. The fourth-order valence-electron chi connectivity index (χ4n) is 2.18. The van der Waals surface area contributed by atoms with E-state index in [0.717, 1.165) is 11.3 Å². The summed E-state index contributed by atoms with van der Waals surface area (Å²) in [6.45, 7) is 1.18. The second-order valence-electron chi connectivity index (χ2n) is 5.48. The van der Waals surface area contributed by atoms with Gasteiger partial charge in [-0.15, -0.1) is 24.0 Å². The number of benzene rings is 2. The van der Waals surface area contributed by atoms with Gasteiger partial charge in [0.15, 0.2) is 5.96 Å². The molecule has 0 radical (unpaired) electrons. The van der Waals surface area contributed by atoms with Gasteiger partial charge in [-0.3, -0.25) is 0 Å². The molecule has 0 aliphatic carbocycles. The van der Waals surface area contributed by atoms with Crippen LogP contribution in [0, 0.1) is 13.8 Å². The first-order valence-corrected chi connectivity index (χ1v) is 7.65. The van der Waals surface area contributed by atoms with Crippen LogP contribution in [-0.2, 0) is 6.54 Å². The van der Waals surface area contributed by atoms with Crippen LogP contribution in [0.3, 0.4) is 0 Å². The molecule has 0 aliphatic rings. The molecule has 2 aromatic rings. The number of nitrogens with one attached hydrogen (secondary N) is 1. The van der Waals surface area contributed by atoms with Crippen molar-refractivity contribution in [1.29, 1.82) is 0 Å². The van der Waals surface area contributed by atoms with E-state index in [1.54, 1.807) is 12.1 Å². The Morgan fingerprint density at radius 1 is 1.15 bits per heavy atom. The van der Waals surface area contributed by atoms with E-state index in [2.05, 4.69) is 15.0 Å². The number of nitrogens with zero attached hydrogens (tertiary/aromatic N) is 1. The number of halogens is 3. The van der Waals surface area contributed by atoms with E-state index in [9.17, 15) is 8.78 Å². The highest BCUT2D eigenvalue weighted by Crippen LogP contribution is 2.27. The second-order valence-corrected chi connectivity index (χ2v) is 5.48. The molecule has 8 heteroatoms. The van der Waals surface area contributed by atoms with Gasteiger partial charge < -0.3 is 20.5 Å². The average Bonchev–Trinajstić information content (AvgIpc) is 2.56. The highest BCUT2D eigenvalue weighted by molar-refractivity contribution is 14.0. The zero-order valence-corrected chi connectivity index (χ0v) is 17.1. The molecule has 142 valence electrons. The molecule has 0 bridgehead atoms. The van der Waals surface area contributed by atoms with E-state index < -0.39 is 6.61 Å². The molecule has 2 rings (SSSR count). The number of nitrogens with two attached hydrogens (primary N) is 1. The summed E-state index contributed by atoms with van der Waals surface area (Å²) in [5.41, 5.74) is 9.46. The van der Waals surface area contributed by atoms with Gasteiger partial charge in [0.1, 0.15) is 11.5 Å². The van der Waals surface area contributed by atoms with Crippen molar-refractivity contribution in [2.75, 3.05) is 12.4 Å². The molecule has 5 nitrogen and oxygen atoms in total. The number of methoxy groups -OCH3 is 1. The number of hydrogen-bond acceptors (Lipinski definition) is 3. The minimum Gasteiger partial charge on any atom is -0.497 e. The Labute approximate surface area is 168 Å². The van der Waals surface area contributed by atoms with Crippen molar-refractivity contribution in [3.63, 3.8) is 0 Å². The van der Waals surface area contributed by atoms with Crippen LogP contribution >= 0.6 is 24.0 Å².